The number of rotatable bonds is 4. The van der Waals surface area contributed by atoms with Crippen LogP contribution in [0.15, 0.2) is 0 Å². The van der Waals surface area contributed by atoms with Crippen LogP contribution in [0.1, 0.15) is 55.1 Å². The number of thiazole rings is 1. The monoisotopic (exact) mass is 224 g/mol. The summed E-state index contributed by atoms with van der Waals surface area (Å²) in [4.78, 5) is 6.07. The summed E-state index contributed by atoms with van der Waals surface area (Å²) in [5.74, 6) is 0.693. The van der Waals surface area contributed by atoms with Crippen LogP contribution in [0.25, 0.3) is 0 Å². The molecule has 0 aliphatic heterocycles. The van der Waals surface area contributed by atoms with Crippen molar-refractivity contribution in [3.63, 3.8) is 0 Å². The number of aryl methyl sites for hydroxylation is 1. The van der Waals surface area contributed by atoms with Crippen molar-refractivity contribution in [1.29, 1.82) is 0 Å². The Labute approximate surface area is 95.9 Å². The second-order valence-electron chi connectivity index (χ2n) is 5.12. The van der Waals surface area contributed by atoms with Crippen LogP contribution >= 0.6 is 11.3 Å². The van der Waals surface area contributed by atoms with E-state index < -0.39 is 0 Å². The van der Waals surface area contributed by atoms with Crippen LogP contribution in [0, 0.1) is 5.41 Å². The van der Waals surface area contributed by atoms with E-state index in [1.165, 1.54) is 22.0 Å². The summed E-state index contributed by atoms with van der Waals surface area (Å²) in [6.45, 7) is 7.49. The van der Waals surface area contributed by atoms with Crippen LogP contribution in [0.3, 0.4) is 0 Å². The Bertz CT molecular complexity index is 355. The molecule has 1 aromatic heterocycles. The quantitative estimate of drug-likeness (QED) is 0.853. The van der Waals surface area contributed by atoms with Gasteiger partial charge in [-0.1, -0.05) is 27.2 Å². The topological polar surface area (TPSA) is 38.9 Å². The van der Waals surface area contributed by atoms with Crippen LogP contribution in [0.4, 0.5) is 0 Å². The summed E-state index contributed by atoms with van der Waals surface area (Å²) in [6.07, 6.45) is 3.52. The second-order valence-corrected chi connectivity index (χ2v) is 6.24. The maximum Gasteiger partial charge on any atom is 0.0968 e. The third-order valence-electron chi connectivity index (χ3n) is 3.28. The summed E-state index contributed by atoms with van der Waals surface area (Å²) < 4.78 is 0. The van der Waals surface area contributed by atoms with Crippen LogP contribution < -0.4 is 5.73 Å². The fourth-order valence-corrected chi connectivity index (χ4v) is 3.33. The lowest BCUT2D eigenvalue weighted by Crippen LogP contribution is -1.98. The molecule has 0 radical (unpaired) electrons. The molecule has 0 amide bonds. The normalized spacial score (nSPS) is 23.1. The smallest absolute Gasteiger partial charge is 0.0968 e. The van der Waals surface area contributed by atoms with Crippen molar-refractivity contribution in [2.75, 3.05) is 0 Å². The van der Waals surface area contributed by atoms with E-state index in [0.29, 0.717) is 17.9 Å². The summed E-state index contributed by atoms with van der Waals surface area (Å²) in [5.41, 5.74) is 7.48. The molecular formula is C12H20N2S. The lowest BCUT2D eigenvalue weighted by molar-refractivity contribution is 0.619. The Morgan fingerprint density at radius 3 is 2.67 bits per heavy atom. The Morgan fingerprint density at radius 1 is 1.53 bits per heavy atom. The number of hydrogen-bond donors (Lipinski definition) is 1. The Morgan fingerprint density at radius 2 is 2.20 bits per heavy atom. The Kier molecular flexibility index (Phi) is 2.86. The fraction of sp³-hybridized carbons (Fsp3) is 0.750. The van der Waals surface area contributed by atoms with E-state index in [2.05, 4.69) is 20.8 Å². The molecule has 0 bridgehead atoms. The minimum atomic E-state index is 0.479. The molecule has 1 aromatic rings. The van der Waals surface area contributed by atoms with E-state index >= 15 is 0 Å². The zero-order valence-electron chi connectivity index (χ0n) is 9.84. The number of aromatic nitrogens is 1. The predicted octanol–water partition coefficient (Wildman–Crippen LogP) is 3.07. The fourth-order valence-electron chi connectivity index (χ4n) is 2.03. The third-order valence-corrected chi connectivity index (χ3v) is 4.51. The zero-order valence-corrected chi connectivity index (χ0v) is 10.7. The average Bonchev–Trinajstić information content (AvgIpc) is 2.66. The molecule has 1 atom stereocenters. The maximum atomic E-state index is 5.75. The highest BCUT2D eigenvalue weighted by atomic mass is 32.1. The Hall–Kier alpha value is -0.410. The van der Waals surface area contributed by atoms with Gasteiger partial charge in [-0.05, 0) is 18.3 Å². The van der Waals surface area contributed by atoms with E-state index in [-0.39, 0.29) is 0 Å². The predicted molar refractivity (Wildman–Crippen MR) is 65.1 cm³/mol. The van der Waals surface area contributed by atoms with Crippen molar-refractivity contribution >= 4 is 11.3 Å². The van der Waals surface area contributed by atoms with Crippen molar-refractivity contribution in [3.05, 3.63) is 15.6 Å². The first-order valence-electron chi connectivity index (χ1n) is 5.77. The van der Waals surface area contributed by atoms with Crippen molar-refractivity contribution < 1.29 is 0 Å². The van der Waals surface area contributed by atoms with Gasteiger partial charge in [0.2, 0.25) is 0 Å². The van der Waals surface area contributed by atoms with Gasteiger partial charge in [-0.15, -0.1) is 11.3 Å². The van der Waals surface area contributed by atoms with Crippen LogP contribution in [0.2, 0.25) is 0 Å². The van der Waals surface area contributed by atoms with Gasteiger partial charge < -0.3 is 5.73 Å². The number of hydrogen-bond acceptors (Lipinski definition) is 3. The molecule has 1 aliphatic carbocycles. The number of nitrogens with two attached hydrogens (primary N) is 1. The van der Waals surface area contributed by atoms with Gasteiger partial charge in [0.05, 0.1) is 10.7 Å². The lowest BCUT2D eigenvalue weighted by atomic mass is 10.1. The van der Waals surface area contributed by atoms with Crippen LogP contribution in [-0.4, -0.2) is 4.98 Å². The molecule has 2 rings (SSSR count). The summed E-state index contributed by atoms with van der Waals surface area (Å²) in [6, 6.07) is 0. The van der Waals surface area contributed by atoms with E-state index in [0.717, 1.165) is 12.8 Å². The van der Waals surface area contributed by atoms with Gasteiger partial charge in [0.15, 0.2) is 0 Å². The molecule has 15 heavy (non-hydrogen) atoms. The van der Waals surface area contributed by atoms with Gasteiger partial charge in [-0.2, -0.15) is 0 Å². The van der Waals surface area contributed by atoms with Gasteiger partial charge in [-0.3, -0.25) is 0 Å². The molecule has 1 saturated carbocycles. The largest absolute Gasteiger partial charge is 0.326 e. The third kappa shape index (κ3) is 2.08. The van der Waals surface area contributed by atoms with Crippen molar-refractivity contribution in [2.45, 2.75) is 52.5 Å². The highest BCUT2D eigenvalue weighted by molar-refractivity contribution is 7.11. The standard InChI is InChI=1S/C12H20N2S/c1-4-5-9-10(7-13)15-11(14-9)8-6-12(8,2)3/h8H,4-7,13H2,1-3H3. The van der Waals surface area contributed by atoms with Gasteiger partial charge in [0, 0.05) is 17.3 Å². The van der Waals surface area contributed by atoms with Crippen LogP contribution in [0.5, 0.6) is 0 Å². The molecule has 84 valence electrons. The molecule has 1 unspecified atom stereocenters. The summed E-state index contributed by atoms with van der Waals surface area (Å²) in [5, 5.41) is 1.32. The minimum Gasteiger partial charge on any atom is -0.326 e. The first-order chi connectivity index (χ1) is 7.08. The van der Waals surface area contributed by atoms with Crippen LogP contribution in [-0.2, 0) is 13.0 Å². The first kappa shape index (κ1) is 11.1. The highest BCUT2D eigenvalue weighted by Gasteiger charge is 2.48. The molecular weight excluding hydrogens is 204 g/mol. The molecule has 0 spiro atoms. The van der Waals surface area contributed by atoms with Crippen molar-refractivity contribution in [2.24, 2.45) is 11.1 Å². The molecule has 0 saturated heterocycles. The molecule has 1 aliphatic rings. The van der Waals surface area contributed by atoms with Gasteiger partial charge in [0.25, 0.3) is 0 Å². The second kappa shape index (κ2) is 3.87. The minimum absolute atomic E-state index is 0.479. The van der Waals surface area contributed by atoms with E-state index in [4.69, 9.17) is 10.7 Å². The summed E-state index contributed by atoms with van der Waals surface area (Å²) in [7, 11) is 0. The molecule has 0 aromatic carbocycles. The molecule has 1 fully saturated rings. The number of nitrogens with zero attached hydrogens (tertiary/aromatic N) is 1. The van der Waals surface area contributed by atoms with Gasteiger partial charge in [-0.25, -0.2) is 4.98 Å². The first-order valence-corrected chi connectivity index (χ1v) is 6.58. The average molecular weight is 224 g/mol. The van der Waals surface area contributed by atoms with Crippen molar-refractivity contribution in [3.8, 4) is 0 Å². The van der Waals surface area contributed by atoms with Crippen molar-refractivity contribution in [1.82, 2.24) is 4.98 Å². The highest BCUT2D eigenvalue weighted by Crippen LogP contribution is 2.59. The van der Waals surface area contributed by atoms with E-state index in [1.54, 1.807) is 0 Å². The SMILES string of the molecule is CCCc1nc(C2CC2(C)C)sc1CN. The molecule has 2 nitrogen and oxygen atoms in total. The zero-order chi connectivity index (χ0) is 11.1. The van der Waals surface area contributed by atoms with Gasteiger partial charge >= 0.3 is 0 Å². The Balaban J connectivity index is 2.20. The molecule has 2 N–H and O–H groups in total. The van der Waals surface area contributed by atoms with Gasteiger partial charge in [0.1, 0.15) is 0 Å². The van der Waals surface area contributed by atoms with E-state index in [1.807, 2.05) is 11.3 Å². The maximum absolute atomic E-state index is 5.75. The van der Waals surface area contributed by atoms with E-state index in [9.17, 15) is 0 Å². The molecule has 1 heterocycles. The summed E-state index contributed by atoms with van der Waals surface area (Å²) >= 11 is 1.84. The molecule has 3 heteroatoms. The lowest BCUT2D eigenvalue weighted by Gasteiger charge is -1.97.